The van der Waals surface area contributed by atoms with Gasteiger partial charge in [0.05, 0.1) is 12.9 Å². The van der Waals surface area contributed by atoms with E-state index in [9.17, 15) is 4.57 Å². The fraction of sp³-hybridized carbons (Fsp3) is 0.455. The molecule has 0 aliphatic carbocycles. The van der Waals surface area contributed by atoms with Crippen molar-refractivity contribution < 1.29 is 4.57 Å². The van der Waals surface area contributed by atoms with Gasteiger partial charge < -0.3 is 10.3 Å². The maximum atomic E-state index is 11.7. The van der Waals surface area contributed by atoms with Gasteiger partial charge in [-0.25, -0.2) is 0 Å². The second-order valence-corrected chi connectivity index (χ2v) is 7.66. The first-order valence-electron chi connectivity index (χ1n) is 4.76. The maximum Gasteiger partial charge on any atom is 0.0980 e. The Morgan fingerprint density at radius 2 is 1.93 bits per heavy atom. The third-order valence-corrected chi connectivity index (χ3v) is 4.27. The minimum absolute atomic E-state index is 0.219. The Balaban J connectivity index is 2.80. The molecule has 1 rings (SSSR count). The Hall–Kier alpha value is -0.590. The van der Waals surface area contributed by atoms with Crippen molar-refractivity contribution in [3.05, 3.63) is 35.4 Å². The van der Waals surface area contributed by atoms with Crippen LogP contribution in [0.2, 0.25) is 0 Å². The monoisotopic (exact) mass is 211 g/mol. The first-order chi connectivity index (χ1) is 6.41. The fourth-order valence-corrected chi connectivity index (χ4v) is 1.92. The molecular formula is C11H18NOP. The van der Waals surface area contributed by atoms with Crippen LogP contribution in [-0.4, -0.2) is 19.1 Å². The van der Waals surface area contributed by atoms with Crippen LogP contribution in [0.25, 0.3) is 0 Å². The Morgan fingerprint density at radius 3 is 2.43 bits per heavy atom. The predicted molar refractivity (Wildman–Crippen MR) is 62.3 cm³/mol. The molecule has 0 saturated heterocycles. The number of rotatable bonds is 3. The van der Waals surface area contributed by atoms with Gasteiger partial charge in [0.25, 0.3) is 0 Å². The SMILES string of the molecule is Cc1ccccc1CC(N)P(C)(C)=O. The zero-order valence-corrected chi connectivity index (χ0v) is 9.92. The highest BCUT2D eigenvalue weighted by Gasteiger charge is 2.19. The molecule has 0 aromatic heterocycles. The van der Waals surface area contributed by atoms with E-state index in [1.807, 2.05) is 18.2 Å². The molecule has 1 unspecified atom stereocenters. The van der Waals surface area contributed by atoms with Crippen molar-refractivity contribution >= 4 is 7.14 Å². The van der Waals surface area contributed by atoms with E-state index in [-0.39, 0.29) is 5.78 Å². The summed E-state index contributed by atoms with van der Waals surface area (Å²) >= 11 is 0. The van der Waals surface area contributed by atoms with Gasteiger partial charge in [-0.1, -0.05) is 24.3 Å². The third kappa shape index (κ3) is 2.97. The van der Waals surface area contributed by atoms with E-state index in [0.717, 1.165) is 0 Å². The molecule has 78 valence electrons. The van der Waals surface area contributed by atoms with Gasteiger partial charge >= 0.3 is 0 Å². The number of nitrogens with two attached hydrogens (primary N) is 1. The van der Waals surface area contributed by atoms with E-state index in [1.54, 1.807) is 13.3 Å². The maximum absolute atomic E-state index is 11.7. The molecule has 1 aromatic carbocycles. The van der Waals surface area contributed by atoms with Crippen LogP contribution in [0.1, 0.15) is 11.1 Å². The Bertz CT molecular complexity index is 356. The summed E-state index contributed by atoms with van der Waals surface area (Å²) in [5, 5.41) is 0. The summed E-state index contributed by atoms with van der Waals surface area (Å²) < 4.78 is 11.7. The van der Waals surface area contributed by atoms with Gasteiger partial charge in [0.2, 0.25) is 0 Å². The minimum atomic E-state index is -2.16. The van der Waals surface area contributed by atoms with E-state index < -0.39 is 7.14 Å². The fourth-order valence-electron chi connectivity index (χ4n) is 1.28. The second-order valence-electron chi connectivity index (χ2n) is 4.13. The molecule has 1 aromatic rings. The summed E-state index contributed by atoms with van der Waals surface area (Å²) in [6.45, 7) is 5.55. The average molecular weight is 211 g/mol. The molecule has 1 atom stereocenters. The molecule has 0 spiro atoms. The number of benzene rings is 1. The van der Waals surface area contributed by atoms with Gasteiger partial charge in [0.15, 0.2) is 0 Å². The zero-order chi connectivity index (χ0) is 10.8. The molecule has 2 nitrogen and oxygen atoms in total. The van der Waals surface area contributed by atoms with Crippen LogP contribution in [0.4, 0.5) is 0 Å². The lowest BCUT2D eigenvalue weighted by atomic mass is 10.1. The average Bonchev–Trinajstić information content (AvgIpc) is 2.07. The lowest BCUT2D eigenvalue weighted by Gasteiger charge is -2.17. The Morgan fingerprint density at radius 1 is 1.36 bits per heavy atom. The smallest absolute Gasteiger partial charge is 0.0980 e. The van der Waals surface area contributed by atoms with Crippen LogP contribution >= 0.6 is 7.14 Å². The molecular weight excluding hydrogens is 193 g/mol. The number of hydrogen-bond donors (Lipinski definition) is 1. The van der Waals surface area contributed by atoms with Crippen molar-refractivity contribution in [3.8, 4) is 0 Å². The van der Waals surface area contributed by atoms with Crippen molar-refractivity contribution in [1.82, 2.24) is 0 Å². The van der Waals surface area contributed by atoms with Crippen LogP contribution in [0.15, 0.2) is 24.3 Å². The Kier molecular flexibility index (Phi) is 3.52. The van der Waals surface area contributed by atoms with Gasteiger partial charge in [-0.05, 0) is 37.8 Å². The molecule has 0 fully saturated rings. The first kappa shape index (κ1) is 11.5. The topological polar surface area (TPSA) is 43.1 Å². The highest BCUT2D eigenvalue weighted by atomic mass is 31.2. The molecule has 0 saturated carbocycles. The van der Waals surface area contributed by atoms with Crippen molar-refractivity contribution in [2.75, 3.05) is 13.3 Å². The second kappa shape index (κ2) is 4.29. The first-order valence-corrected chi connectivity index (χ1v) is 7.43. The summed E-state index contributed by atoms with van der Waals surface area (Å²) in [5.74, 6) is -0.219. The van der Waals surface area contributed by atoms with Crippen LogP contribution in [-0.2, 0) is 11.0 Å². The van der Waals surface area contributed by atoms with Crippen molar-refractivity contribution in [2.45, 2.75) is 19.1 Å². The van der Waals surface area contributed by atoms with Crippen LogP contribution in [0, 0.1) is 6.92 Å². The molecule has 3 heteroatoms. The number of hydrogen-bond acceptors (Lipinski definition) is 2. The normalized spacial score (nSPS) is 14.0. The third-order valence-electron chi connectivity index (χ3n) is 2.49. The van der Waals surface area contributed by atoms with Crippen LogP contribution in [0.3, 0.4) is 0 Å². The largest absolute Gasteiger partial charge is 0.323 e. The molecule has 14 heavy (non-hydrogen) atoms. The highest BCUT2D eigenvalue weighted by molar-refractivity contribution is 7.63. The standard InChI is InChI=1S/C11H18NOP/c1-9-6-4-5-7-10(9)8-11(12)14(2,3)13/h4-7,11H,8,12H2,1-3H3. The van der Waals surface area contributed by atoms with E-state index in [0.29, 0.717) is 6.42 Å². The van der Waals surface area contributed by atoms with Gasteiger partial charge in [0.1, 0.15) is 0 Å². The molecule has 0 radical (unpaired) electrons. The summed E-state index contributed by atoms with van der Waals surface area (Å²) in [7, 11) is -2.16. The molecule has 0 aliphatic heterocycles. The summed E-state index contributed by atoms with van der Waals surface area (Å²) in [6, 6.07) is 8.09. The van der Waals surface area contributed by atoms with Gasteiger partial charge in [-0.3, -0.25) is 0 Å². The van der Waals surface area contributed by atoms with Crippen molar-refractivity contribution in [2.24, 2.45) is 5.73 Å². The van der Waals surface area contributed by atoms with E-state index in [1.165, 1.54) is 11.1 Å². The van der Waals surface area contributed by atoms with E-state index in [4.69, 9.17) is 5.73 Å². The van der Waals surface area contributed by atoms with Gasteiger partial charge in [-0.2, -0.15) is 0 Å². The Labute approximate surface area is 85.9 Å². The quantitative estimate of drug-likeness (QED) is 0.780. The summed E-state index contributed by atoms with van der Waals surface area (Å²) in [5.41, 5.74) is 8.31. The lowest BCUT2D eigenvalue weighted by molar-refractivity contribution is 0.571. The molecule has 0 heterocycles. The summed E-state index contributed by atoms with van der Waals surface area (Å²) in [6.07, 6.45) is 0.705. The molecule has 0 bridgehead atoms. The zero-order valence-electron chi connectivity index (χ0n) is 9.03. The van der Waals surface area contributed by atoms with E-state index in [2.05, 4.69) is 13.0 Å². The van der Waals surface area contributed by atoms with Crippen LogP contribution in [0.5, 0.6) is 0 Å². The molecule has 0 aliphatic rings. The van der Waals surface area contributed by atoms with Crippen LogP contribution < -0.4 is 5.73 Å². The summed E-state index contributed by atoms with van der Waals surface area (Å²) in [4.78, 5) is 0. The van der Waals surface area contributed by atoms with Crippen molar-refractivity contribution in [1.29, 1.82) is 0 Å². The van der Waals surface area contributed by atoms with Gasteiger partial charge in [0, 0.05) is 0 Å². The van der Waals surface area contributed by atoms with Crippen molar-refractivity contribution in [3.63, 3.8) is 0 Å². The number of aryl methyl sites for hydroxylation is 1. The highest BCUT2D eigenvalue weighted by Crippen LogP contribution is 2.41. The van der Waals surface area contributed by atoms with E-state index >= 15 is 0 Å². The lowest BCUT2D eigenvalue weighted by Crippen LogP contribution is -2.22. The predicted octanol–water partition coefficient (Wildman–Crippen LogP) is 2.45. The van der Waals surface area contributed by atoms with Gasteiger partial charge in [-0.15, -0.1) is 0 Å². The molecule has 0 amide bonds. The molecule has 2 N–H and O–H groups in total. The minimum Gasteiger partial charge on any atom is -0.323 e.